The van der Waals surface area contributed by atoms with Crippen molar-refractivity contribution in [2.24, 2.45) is 5.92 Å². The number of carbonyl (C=O) groups excluding carboxylic acids is 3. The summed E-state index contributed by atoms with van der Waals surface area (Å²) in [6.07, 6.45) is 1.82. The summed E-state index contributed by atoms with van der Waals surface area (Å²) in [5.74, 6) is 0.669. The van der Waals surface area contributed by atoms with Crippen molar-refractivity contribution in [1.29, 1.82) is 0 Å². The molecule has 5 rings (SSSR count). The summed E-state index contributed by atoms with van der Waals surface area (Å²) in [6, 6.07) is 22.4. The lowest BCUT2D eigenvalue weighted by atomic mass is 10.1. The van der Waals surface area contributed by atoms with Crippen LogP contribution in [-0.4, -0.2) is 68.0 Å². The fourth-order valence-corrected chi connectivity index (χ4v) is 4.81. The van der Waals surface area contributed by atoms with Crippen LogP contribution in [-0.2, 0) is 11.3 Å². The summed E-state index contributed by atoms with van der Waals surface area (Å²) in [4.78, 5) is 44.6. The molecule has 3 aromatic carbocycles. The number of anilines is 3. The lowest BCUT2D eigenvalue weighted by Gasteiger charge is -2.37. The van der Waals surface area contributed by atoms with Crippen LogP contribution in [0.4, 0.5) is 21.9 Å². The number of methoxy groups -OCH3 is 1. The molecule has 1 aliphatic carbocycles. The Bertz CT molecular complexity index is 1350. The van der Waals surface area contributed by atoms with Gasteiger partial charge in [0.25, 0.3) is 5.91 Å². The lowest BCUT2D eigenvalue weighted by Crippen LogP contribution is -2.50. The van der Waals surface area contributed by atoms with Gasteiger partial charge in [0.05, 0.1) is 12.7 Å². The summed E-state index contributed by atoms with van der Waals surface area (Å²) in [5, 5.41) is 5.91. The SMILES string of the molecule is COc1ccc(NC(=O)N2CCN(c3ccc(NC(=O)C4CC4)cc3C(=O)N(C)Cc3ccccc3)CC2)cc1. The van der Waals surface area contributed by atoms with Crippen molar-refractivity contribution in [1.82, 2.24) is 9.80 Å². The number of nitrogens with one attached hydrogen (secondary N) is 2. The maximum atomic E-state index is 13.7. The number of rotatable bonds is 8. The topological polar surface area (TPSA) is 94.2 Å². The second-order valence-electron chi connectivity index (χ2n) is 10.3. The Labute approximate surface area is 234 Å². The molecule has 2 N–H and O–H groups in total. The first kappa shape index (κ1) is 27.1. The summed E-state index contributed by atoms with van der Waals surface area (Å²) in [5.41, 5.74) is 3.68. The van der Waals surface area contributed by atoms with Crippen molar-refractivity contribution in [3.8, 4) is 5.75 Å². The summed E-state index contributed by atoms with van der Waals surface area (Å²) < 4.78 is 5.18. The van der Waals surface area contributed by atoms with E-state index in [2.05, 4.69) is 15.5 Å². The maximum absolute atomic E-state index is 13.7. The highest BCUT2D eigenvalue weighted by atomic mass is 16.5. The van der Waals surface area contributed by atoms with Crippen molar-refractivity contribution >= 4 is 34.9 Å². The van der Waals surface area contributed by atoms with E-state index in [9.17, 15) is 14.4 Å². The quantitative estimate of drug-likeness (QED) is 0.432. The van der Waals surface area contributed by atoms with Gasteiger partial charge in [-0.05, 0) is 60.9 Å². The van der Waals surface area contributed by atoms with Gasteiger partial charge in [-0.15, -0.1) is 0 Å². The molecule has 1 saturated heterocycles. The van der Waals surface area contributed by atoms with Gasteiger partial charge in [0, 0.05) is 62.8 Å². The molecule has 9 heteroatoms. The van der Waals surface area contributed by atoms with Gasteiger partial charge in [-0.1, -0.05) is 30.3 Å². The lowest BCUT2D eigenvalue weighted by molar-refractivity contribution is -0.117. The molecule has 4 amide bonds. The second-order valence-corrected chi connectivity index (χ2v) is 10.3. The minimum atomic E-state index is -0.165. The standard InChI is InChI=1S/C31H35N5O4/c1-34(21-22-6-4-3-5-7-22)30(38)27-20-25(32-29(37)23-8-9-23)12-15-28(27)35-16-18-36(19-17-35)31(39)33-24-10-13-26(40-2)14-11-24/h3-7,10-15,20,23H,8-9,16-19,21H2,1-2H3,(H,32,37)(H,33,39). The molecule has 1 saturated carbocycles. The zero-order valence-corrected chi connectivity index (χ0v) is 22.9. The van der Waals surface area contributed by atoms with E-state index in [1.165, 1.54) is 0 Å². The van der Waals surface area contributed by atoms with E-state index in [-0.39, 0.29) is 23.8 Å². The van der Waals surface area contributed by atoms with Crippen molar-refractivity contribution in [3.05, 3.63) is 83.9 Å². The predicted octanol–water partition coefficient (Wildman–Crippen LogP) is 4.67. The van der Waals surface area contributed by atoms with Crippen molar-refractivity contribution in [2.75, 3.05) is 55.9 Å². The third-order valence-electron chi connectivity index (χ3n) is 7.30. The van der Waals surface area contributed by atoms with Gasteiger partial charge in [0.1, 0.15) is 5.75 Å². The van der Waals surface area contributed by atoms with E-state index in [1.54, 1.807) is 54.3 Å². The van der Waals surface area contributed by atoms with E-state index >= 15 is 0 Å². The highest BCUT2D eigenvalue weighted by Gasteiger charge is 2.30. The summed E-state index contributed by atoms with van der Waals surface area (Å²) in [7, 11) is 3.39. The molecule has 208 valence electrons. The molecule has 3 aromatic rings. The molecule has 0 bridgehead atoms. The molecule has 40 heavy (non-hydrogen) atoms. The van der Waals surface area contributed by atoms with Crippen molar-refractivity contribution < 1.29 is 19.1 Å². The smallest absolute Gasteiger partial charge is 0.321 e. The normalized spacial score (nSPS) is 14.8. The Morgan fingerprint density at radius 3 is 2.20 bits per heavy atom. The van der Waals surface area contributed by atoms with E-state index in [0.717, 1.165) is 29.8 Å². The average Bonchev–Trinajstić information content (AvgIpc) is 3.84. The minimum absolute atomic E-state index is 0.000255. The molecular formula is C31H35N5O4. The highest BCUT2D eigenvalue weighted by molar-refractivity contribution is 6.02. The number of urea groups is 1. The number of piperazine rings is 1. The van der Waals surface area contributed by atoms with Gasteiger partial charge in [-0.2, -0.15) is 0 Å². The van der Waals surface area contributed by atoms with Gasteiger partial charge in [0.15, 0.2) is 0 Å². The van der Waals surface area contributed by atoms with Gasteiger partial charge < -0.3 is 30.1 Å². The maximum Gasteiger partial charge on any atom is 0.321 e. The fourth-order valence-electron chi connectivity index (χ4n) is 4.81. The number of carbonyl (C=O) groups is 3. The largest absolute Gasteiger partial charge is 0.497 e. The van der Waals surface area contributed by atoms with Gasteiger partial charge in [0.2, 0.25) is 5.91 Å². The average molecular weight is 542 g/mol. The zero-order valence-electron chi connectivity index (χ0n) is 22.9. The van der Waals surface area contributed by atoms with Gasteiger partial charge in [-0.25, -0.2) is 4.79 Å². The van der Waals surface area contributed by atoms with Crippen LogP contribution in [0.1, 0.15) is 28.8 Å². The van der Waals surface area contributed by atoms with Crippen LogP contribution in [0, 0.1) is 5.92 Å². The number of hydrogen-bond acceptors (Lipinski definition) is 5. The number of benzene rings is 3. The summed E-state index contributed by atoms with van der Waals surface area (Å²) in [6.45, 7) is 2.64. The van der Waals surface area contributed by atoms with Crippen LogP contribution < -0.4 is 20.3 Å². The van der Waals surface area contributed by atoms with Gasteiger partial charge >= 0.3 is 6.03 Å². The van der Waals surface area contributed by atoms with Crippen LogP contribution in [0.25, 0.3) is 0 Å². The first-order chi connectivity index (χ1) is 19.4. The van der Waals surface area contributed by atoms with Crippen molar-refractivity contribution in [3.63, 3.8) is 0 Å². The molecule has 0 atom stereocenters. The Morgan fingerprint density at radius 2 is 1.55 bits per heavy atom. The molecule has 0 radical (unpaired) electrons. The molecule has 0 spiro atoms. The third kappa shape index (κ3) is 6.54. The van der Waals surface area contributed by atoms with Crippen LogP contribution in [0.3, 0.4) is 0 Å². The van der Waals surface area contributed by atoms with E-state index in [0.29, 0.717) is 49.7 Å². The molecule has 9 nitrogen and oxygen atoms in total. The minimum Gasteiger partial charge on any atom is -0.497 e. The van der Waals surface area contributed by atoms with Crippen LogP contribution in [0.15, 0.2) is 72.8 Å². The van der Waals surface area contributed by atoms with Crippen LogP contribution in [0.5, 0.6) is 5.75 Å². The molecule has 2 aliphatic rings. The van der Waals surface area contributed by atoms with Crippen LogP contribution >= 0.6 is 0 Å². The highest BCUT2D eigenvalue weighted by Crippen LogP contribution is 2.32. The number of ether oxygens (including phenoxy) is 1. The monoisotopic (exact) mass is 541 g/mol. The Balaban J connectivity index is 1.29. The number of nitrogens with zero attached hydrogens (tertiary/aromatic N) is 3. The molecule has 2 fully saturated rings. The first-order valence-corrected chi connectivity index (χ1v) is 13.6. The Morgan fingerprint density at radius 1 is 0.875 bits per heavy atom. The third-order valence-corrected chi connectivity index (χ3v) is 7.30. The predicted molar refractivity (Wildman–Crippen MR) is 156 cm³/mol. The summed E-state index contributed by atoms with van der Waals surface area (Å²) >= 11 is 0. The van der Waals surface area contributed by atoms with Gasteiger partial charge in [-0.3, -0.25) is 9.59 Å². The number of hydrogen-bond donors (Lipinski definition) is 2. The van der Waals surface area contributed by atoms with Crippen molar-refractivity contribution in [2.45, 2.75) is 19.4 Å². The molecule has 0 aromatic heterocycles. The second kappa shape index (κ2) is 12.1. The zero-order chi connectivity index (χ0) is 28.1. The molecular weight excluding hydrogens is 506 g/mol. The van der Waals surface area contributed by atoms with Crippen LogP contribution in [0.2, 0.25) is 0 Å². The first-order valence-electron chi connectivity index (χ1n) is 13.6. The molecule has 1 heterocycles. The fraction of sp³-hybridized carbons (Fsp3) is 0.323. The Hall–Kier alpha value is -4.53. The van der Waals surface area contributed by atoms with E-state index in [1.807, 2.05) is 42.5 Å². The Kier molecular flexibility index (Phi) is 8.19. The number of amides is 4. The molecule has 0 unspecified atom stereocenters. The van der Waals surface area contributed by atoms with E-state index in [4.69, 9.17) is 4.74 Å². The molecule has 1 aliphatic heterocycles. The van der Waals surface area contributed by atoms with E-state index < -0.39 is 0 Å².